The normalized spacial score (nSPS) is 18.8. The second kappa shape index (κ2) is 6.91. The predicted octanol–water partition coefficient (Wildman–Crippen LogP) is 2.54. The Labute approximate surface area is 135 Å². The number of aromatic nitrogens is 2. The van der Waals surface area contributed by atoms with Crippen molar-refractivity contribution in [2.75, 3.05) is 20.2 Å². The number of piperidine rings is 1. The first-order valence-corrected chi connectivity index (χ1v) is 7.83. The largest absolute Gasteiger partial charge is 0.463 e. The van der Waals surface area contributed by atoms with Gasteiger partial charge in [-0.2, -0.15) is 0 Å². The fraction of sp³-hybridized carbons (Fsp3) is 0.471. The predicted molar refractivity (Wildman–Crippen MR) is 84.1 cm³/mol. The minimum Gasteiger partial charge on any atom is -0.463 e. The first-order chi connectivity index (χ1) is 11.2. The van der Waals surface area contributed by atoms with Crippen molar-refractivity contribution in [2.45, 2.75) is 32.2 Å². The first kappa shape index (κ1) is 15.7. The highest BCUT2D eigenvalue weighted by Gasteiger charge is 2.24. The number of rotatable bonds is 4. The summed E-state index contributed by atoms with van der Waals surface area (Å²) < 4.78 is 10.4. The van der Waals surface area contributed by atoms with Crippen molar-refractivity contribution in [3.05, 3.63) is 47.4 Å². The number of aryl methyl sites for hydroxylation is 1. The van der Waals surface area contributed by atoms with Crippen molar-refractivity contribution in [3.8, 4) is 0 Å². The lowest BCUT2D eigenvalue weighted by Crippen LogP contribution is -2.34. The third-order valence-electron chi connectivity index (χ3n) is 4.25. The van der Waals surface area contributed by atoms with Gasteiger partial charge in [0.15, 0.2) is 0 Å². The van der Waals surface area contributed by atoms with Crippen LogP contribution in [-0.2, 0) is 11.3 Å². The van der Waals surface area contributed by atoms with Crippen LogP contribution in [0.5, 0.6) is 0 Å². The van der Waals surface area contributed by atoms with Crippen LogP contribution in [0.15, 0.2) is 29.1 Å². The van der Waals surface area contributed by atoms with Gasteiger partial charge in [0.1, 0.15) is 12.1 Å². The third kappa shape index (κ3) is 3.59. The maximum absolute atomic E-state index is 11.6. The Balaban J connectivity index is 1.67. The van der Waals surface area contributed by atoms with E-state index in [1.54, 1.807) is 12.5 Å². The highest BCUT2D eigenvalue weighted by atomic mass is 16.5. The molecule has 1 fully saturated rings. The van der Waals surface area contributed by atoms with E-state index in [-0.39, 0.29) is 0 Å². The average Bonchev–Trinajstić information content (AvgIpc) is 2.95. The van der Waals surface area contributed by atoms with Gasteiger partial charge in [-0.15, -0.1) is 0 Å². The van der Waals surface area contributed by atoms with Crippen molar-refractivity contribution in [1.82, 2.24) is 14.9 Å². The topological polar surface area (TPSA) is 68.5 Å². The van der Waals surface area contributed by atoms with Crippen LogP contribution in [0.4, 0.5) is 0 Å². The molecule has 0 bridgehead atoms. The highest BCUT2D eigenvalue weighted by molar-refractivity contribution is 5.87. The number of likely N-dealkylation sites (tertiary alicyclic amines) is 1. The molecule has 1 saturated heterocycles. The number of hydrogen-bond donors (Lipinski definition) is 0. The number of carbonyl (C=O) groups is 1. The van der Waals surface area contributed by atoms with Crippen LogP contribution in [0.25, 0.3) is 0 Å². The molecule has 0 amide bonds. The highest BCUT2D eigenvalue weighted by Crippen LogP contribution is 2.27. The number of esters is 1. The van der Waals surface area contributed by atoms with E-state index in [2.05, 4.69) is 14.9 Å². The van der Waals surface area contributed by atoms with Gasteiger partial charge < -0.3 is 9.15 Å². The molecule has 0 radical (unpaired) electrons. The summed E-state index contributed by atoms with van der Waals surface area (Å²) in [6, 6.07) is 3.90. The van der Waals surface area contributed by atoms with Gasteiger partial charge >= 0.3 is 5.97 Å². The molecule has 6 heteroatoms. The number of carbonyl (C=O) groups excluding carboxylic acids is 1. The van der Waals surface area contributed by atoms with Crippen molar-refractivity contribution in [2.24, 2.45) is 0 Å². The second-order valence-electron chi connectivity index (χ2n) is 5.92. The van der Waals surface area contributed by atoms with E-state index in [9.17, 15) is 4.79 Å². The third-order valence-corrected chi connectivity index (χ3v) is 4.25. The molecule has 1 aliphatic heterocycles. The number of ether oxygens (including phenoxy) is 1. The minimum absolute atomic E-state index is 0.298. The molecule has 0 N–H and O–H groups in total. The second-order valence-corrected chi connectivity index (χ2v) is 5.92. The molecule has 1 atom stereocenters. The van der Waals surface area contributed by atoms with Gasteiger partial charge in [0.2, 0.25) is 5.76 Å². The standard InChI is InChI=1S/C17H21N3O3/c1-12-8-14(23-16(12)17(21)22-2)10-20-7-3-4-13(9-20)15-5-6-18-11-19-15/h5-6,8,11,13H,3-4,7,9-10H2,1-2H3/t13-/m0/s1. The zero-order chi connectivity index (χ0) is 16.2. The van der Waals surface area contributed by atoms with Gasteiger partial charge in [-0.1, -0.05) is 0 Å². The lowest BCUT2D eigenvalue weighted by atomic mass is 9.94. The average molecular weight is 315 g/mol. The Bertz CT molecular complexity index is 669. The van der Waals surface area contributed by atoms with Crippen molar-refractivity contribution >= 4 is 5.97 Å². The van der Waals surface area contributed by atoms with Crippen LogP contribution in [0, 0.1) is 6.92 Å². The molecule has 23 heavy (non-hydrogen) atoms. The molecule has 0 spiro atoms. The van der Waals surface area contributed by atoms with Crippen LogP contribution in [0.2, 0.25) is 0 Å². The Hall–Kier alpha value is -2.21. The molecular formula is C17H21N3O3. The maximum Gasteiger partial charge on any atom is 0.374 e. The number of hydrogen-bond acceptors (Lipinski definition) is 6. The molecule has 0 aromatic carbocycles. The lowest BCUT2D eigenvalue weighted by Gasteiger charge is -2.31. The van der Waals surface area contributed by atoms with Crippen LogP contribution in [0.3, 0.4) is 0 Å². The Kier molecular flexibility index (Phi) is 4.71. The van der Waals surface area contributed by atoms with E-state index < -0.39 is 5.97 Å². The zero-order valence-corrected chi connectivity index (χ0v) is 13.5. The van der Waals surface area contributed by atoms with Gasteiger partial charge in [0, 0.05) is 29.9 Å². The maximum atomic E-state index is 11.6. The molecule has 2 aromatic heterocycles. The first-order valence-electron chi connectivity index (χ1n) is 7.83. The van der Waals surface area contributed by atoms with Crippen molar-refractivity contribution < 1.29 is 13.9 Å². The molecule has 0 unspecified atom stereocenters. The van der Waals surface area contributed by atoms with Crippen LogP contribution in [-0.4, -0.2) is 41.0 Å². The smallest absolute Gasteiger partial charge is 0.374 e. The summed E-state index contributed by atoms with van der Waals surface area (Å²) >= 11 is 0. The van der Waals surface area contributed by atoms with Gasteiger partial charge in [-0.05, 0) is 38.4 Å². The van der Waals surface area contributed by atoms with E-state index in [1.807, 2.05) is 19.1 Å². The molecule has 2 aromatic rings. The summed E-state index contributed by atoms with van der Waals surface area (Å²) in [6.45, 7) is 4.51. The fourth-order valence-electron chi connectivity index (χ4n) is 3.12. The van der Waals surface area contributed by atoms with Crippen LogP contribution >= 0.6 is 0 Å². The van der Waals surface area contributed by atoms with Crippen LogP contribution < -0.4 is 0 Å². The summed E-state index contributed by atoms with van der Waals surface area (Å²) in [5.41, 5.74) is 1.91. The molecule has 1 aliphatic rings. The van der Waals surface area contributed by atoms with E-state index >= 15 is 0 Å². The summed E-state index contributed by atoms with van der Waals surface area (Å²) in [5.74, 6) is 1.09. The molecule has 6 nitrogen and oxygen atoms in total. The molecular weight excluding hydrogens is 294 g/mol. The zero-order valence-electron chi connectivity index (χ0n) is 13.5. The molecule has 122 valence electrons. The Morgan fingerprint density at radius 2 is 2.39 bits per heavy atom. The van der Waals surface area contributed by atoms with E-state index in [0.29, 0.717) is 18.2 Å². The monoisotopic (exact) mass is 315 g/mol. The van der Waals surface area contributed by atoms with Crippen LogP contribution in [0.1, 0.15) is 46.3 Å². The summed E-state index contributed by atoms with van der Waals surface area (Å²) in [5, 5.41) is 0. The van der Waals surface area contributed by atoms with Gasteiger partial charge in [-0.25, -0.2) is 14.8 Å². The van der Waals surface area contributed by atoms with Gasteiger partial charge in [-0.3, -0.25) is 4.90 Å². The lowest BCUT2D eigenvalue weighted by molar-refractivity contribution is 0.0559. The number of methoxy groups -OCH3 is 1. The SMILES string of the molecule is COC(=O)c1oc(CN2CCC[C@H](c3ccncn3)C2)cc1C. The molecule has 0 aliphatic carbocycles. The fourth-order valence-corrected chi connectivity index (χ4v) is 3.12. The molecule has 0 saturated carbocycles. The van der Waals surface area contributed by atoms with E-state index in [1.165, 1.54) is 7.11 Å². The summed E-state index contributed by atoms with van der Waals surface area (Å²) in [6.07, 6.45) is 5.66. The van der Waals surface area contributed by atoms with E-state index in [4.69, 9.17) is 9.15 Å². The summed E-state index contributed by atoms with van der Waals surface area (Å²) in [4.78, 5) is 22.3. The van der Waals surface area contributed by atoms with Gasteiger partial charge in [0.25, 0.3) is 0 Å². The number of furan rings is 1. The summed E-state index contributed by atoms with van der Waals surface area (Å²) in [7, 11) is 1.36. The van der Waals surface area contributed by atoms with Crippen molar-refractivity contribution in [3.63, 3.8) is 0 Å². The van der Waals surface area contributed by atoms with Gasteiger partial charge in [0.05, 0.1) is 13.7 Å². The quantitative estimate of drug-likeness (QED) is 0.808. The van der Waals surface area contributed by atoms with Crippen molar-refractivity contribution in [1.29, 1.82) is 0 Å². The number of nitrogens with zero attached hydrogens (tertiary/aromatic N) is 3. The minimum atomic E-state index is -0.425. The Morgan fingerprint density at radius 3 is 3.13 bits per heavy atom. The molecule has 3 heterocycles. The Morgan fingerprint density at radius 1 is 1.52 bits per heavy atom. The molecule has 3 rings (SSSR count). The van der Waals surface area contributed by atoms with E-state index in [0.717, 1.165) is 42.9 Å².